The summed E-state index contributed by atoms with van der Waals surface area (Å²) in [5.41, 5.74) is 2.49. The molecule has 1 atom stereocenters. The molecule has 5 heteroatoms. The number of nitrogens with zero attached hydrogens (tertiary/aromatic N) is 3. The SMILES string of the molecule is CC(Nc1cnnc(NCCc2ccccc2)n1)c1ccccc1. The Hall–Kier alpha value is -2.95. The Kier molecular flexibility index (Phi) is 5.35. The Balaban J connectivity index is 1.56. The number of anilines is 2. The van der Waals surface area contributed by atoms with Gasteiger partial charge in [-0.15, -0.1) is 5.10 Å². The van der Waals surface area contributed by atoms with E-state index in [-0.39, 0.29) is 6.04 Å². The first-order valence-electron chi connectivity index (χ1n) is 8.10. The number of benzene rings is 2. The highest BCUT2D eigenvalue weighted by molar-refractivity contribution is 5.40. The third-order valence-electron chi connectivity index (χ3n) is 3.76. The molecule has 3 rings (SSSR count). The van der Waals surface area contributed by atoms with Crippen LogP contribution in [0.15, 0.2) is 66.9 Å². The number of hydrogen-bond donors (Lipinski definition) is 2. The Morgan fingerprint density at radius 1 is 0.958 bits per heavy atom. The highest BCUT2D eigenvalue weighted by Gasteiger charge is 2.07. The molecule has 0 aliphatic carbocycles. The lowest BCUT2D eigenvalue weighted by Gasteiger charge is -2.15. The van der Waals surface area contributed by atoms with Gasteiger partial charge in [0.25, 0.3) is 0 Å². The molecule has 5 nitrogen and oxygen atoms in total. The standard InChI is InChI=1S/C19H21N5/c1-15(17-10-6-3-7-11-17)22-18-14-21-24-19(23-18)20-13-12-16-8-4-2-5-9-16/h2-11,14-15H,12-13H2,1H3,(H2,20,22,23,24). The second-order valence-corrected chi connectivity index (χ2v) is 5.60. The molecule has 0 aliphatic heterocycles. The summed E-state index contributed by atoms with van der Waals surface area (Å²) in [6.45, 7) is 2.86. The van der Waals surface area contributed by atoms with Crippen LogP contribution in [0.4, 0.5) is 11.8 Å². The predicted octanol–water partition coefficient (Wildman–Crippen LogP) is 3.70. The third-order valence-corrected chi connectivity index (χ3v) is 3.76. The Morgan fingerprint density at radius 2 is 1.67 bits per heavy atom. The maximum Gasteiger partial charge on any atom is 0.244 e. The molecule has 0 radical (unpaired) electrons. The van der Waals surface area contributed by atoms with Crippen LogP contribution in [-0.4, -0.2) is 21.7 Å². The molecule has 1 heterocycles. The number of nitrogens with one attached hydrogen (secondary N) is 2. The lowest BCUT2D eigenvalue weighted by atomic mass is 10.1. The number of aromatic nitrogens is 3. The van der Waals surface area contributed by atoms with E-state index in [9.17, 15) is 0 Å². The Labute approximate surface area is 142 Å². The van der Waals surface area contributed by atoms with Crippen molar-refractivity contribution >= 4 is 11.8 Å². The summed E-state index contributed by atoms with van der Waals surface area (Å²) in [6, 6.07) is 20.7. The Morgan fingerprint density at radius 3 is 2.42 bits per heavy atom. The van der Waals surface area contributed by atoms with Crippen molar-refractivity contribution in [3.05, 3.63) is 78.0 Å². The van der Waals surface area contributed by atoms with Crippen molar-refractivity contribution < 1.29 is 0 Å². The molecule has 0 bridgehead atoms. The van der Waals surface area contributed by atoms with Gasteiger partial charge in [0, 0.05) is 12.6 Å². The van der Waals surface area contributed by atoms with Crippen molar-refractivity contribution in [3.8, 4) is 0 Å². The summed E-state index contributed by atoms with van der Waals surface area (Å²) in [4.78, 5) is 4.47. The van der Waals surface area contributed by atoms with E-state index in [0.717, 1.165) is 13.0 Å². The van der Waals surface area contributed by atoms with Crippen LogP contribution in [0.25, 0.3) is 0 Å². The van der Waals surface area contributed by atoms with Gasteiger partial charge >= 0.3 is 0 Å². The second kappa shape index (κ2) is 8.06. The van der Waals surface area contributed by atoms with E-state index in [4.69, 9.17) is 0 Å². The molecule has 0 saturated heterocycles. The maximum atomic E-state index is 4.47. The first-order chi connectivity index (χ1) is 11.8. The van der Waals surface area contributed by atoms with Gasteiger partial charge < -0.3 is 10.6 Å². The normalized spacial score (nSPS) is 11.7. The van der Waals surface area contributed by atoms with Crippen LogP contribution in [-0.2, 0) is 6.42 Å². The fourth-order valence-corrected chi connectivity index (χ4v) is 2.46. The van der Waals surface area contributed by atoms with Gasteiger partial charge in [-0.05, 0) is 24.5 Å². The quantitative estimate of drug-likeness (QED) is 0.695. The van der Waals surface area contributed by atoms with Gasteiger partial charge in [0.15, 0.2) is 5.82 Å². The fraction of sp³-hybridized carbons (Fsp3) is 0.211. The van der Waals surface area contributed by atoms with E-state index in [1.807, 2.05) is 36.4 Å². The first kappa shape index (κ1) is 15.9. The van der Waals surface area contributed by atoms with Crippen LogP contribution >= 0.6 is 0 Å². The summed E-state index contributed by atoms with van der Waals surface area (Å²) < 4.78 is 0. The molecule has 0 spiro atoms. The molecule has 0 saturated carbocycles. The molecular formula is C19H21N5. The van der Waals surface area contributed by atoms with Gasteiger partial charge in [-0.25, -0.2) is 0 Å². The zero-order chi connectivity index (χ0) is 16.6. The van der Waals surface area contributed by atoms with Crippen LogP contribution in [0, 0.1) is 0 Å². The van der Waals surface area contributed by atoms with Crippen LogP contribution < -0.4 is 10.6 Å². The lowest BCUT2D eigenvalue weighted by Crippen LogP contribution is -2.12. The second-order valence-electron chi connectivity index (χ2n) is 5.60. The summed E-state index contributed by atoms with van der Waals surface area (Å²) in [5, 5.41) is 14.6. The number of hydrogen-bond acceptors (Lipinski definition) is 5. The number of rotatable bonds is 7. The largest absolute Gasteiger partial charge is 0.362 e. The zero-order valence-electron chi connectivity index (χ0n) is 13.7. The van der Waals surface area contributed by atoms with Crippen LogP contribution in [0.5, 0.6) is 0 Å². The molecule has 0 amide bonds. The van der Waals surface area contributed by atoms with Crippen molar-refractivity contribution in [2.45, 2.75) is 19.4 Å². The molecule has 2 aromatic carbocycles. The maximum absolute atomic E-state index is 4.47. The third kappa shape index (κ3) is 4.52. The average Bonchev–Trinajstić information content (AvgIpc) is 2.64. The van der Waals surface area contributed by atoms with Crippen LogP contribution in [0.2, 0.25) is 0 Å². The van der Waals surface area contributed by atoms with Crippen molar-refractivity contribution in [2.24, 2.45) is 0 Å². The van der Waals surface area contributed by atoms with Crippen molar-refractivity contribution in [3.63, 3.8) is 0 Å². The monoisotopic (exact) mass is 319 g/mol. The lowest BCUT2D eigenvalue weighted by molar-refractivity contribution is 0.855. The molecule has 1 aromatic heterocycles. The molecule has 3 aromatic rings. The smallest absolute Gasteiger partial charge is 0.244 e. The molecule has 2 N–H and O–H groups in total. The van der Waals surface area contributed by atoms with E-state index in [0.29, 0.717) is 11.8 Å². The van der Waals surface area contributed by atoms with Gasteiger partial charge in [-0.2, -0.15) is 10.1 Å². The predicted molar refractivity (Wildman–Crippen MR) is 96.9 cm³/mol. The summed E-state index contributed by atoms with van der Waals surface area (Å²) in [5.74, 6) is 1.25. The van der Waals surface area contributed by atoms with E-state index in [1.165, 1.54) is 11.1 Å². The van der Waals surface area contributed by atoms with Gasteiger partial charge in [0.05, 0.1) is 6.20 Å². The van der Waals surface area contributed by atoms with E-state index >= 15 is 0 Å². The minimum absolute atomic E-state index is 0.153. The van der Waals surface area contributed by atoms with Crippen molar-refractivity contribution in [2.75, 3.05) is 17.2 Å². The fourth-order valence-electron chi connectivity index (χ4n) is 2.46. The van der Waals surface area contributed by atoms with Gasteiger partial charge in [-0.1, -0.05) is 60.7 Å². The highest BCUT2D eigenvalue weighted by Crippen LogP contribution is 2.17. The summed E-state index contributed by atoms with van der Waals surface area (Å²) >= 11 is 0. The minimum atomic E-state index is 0.153. The van der Waals surface area contributed by atoms with E-state index in [2.05, 4.69) is 57.0 Å². The zero-order valence-corrected chi connectivity index (χ0v) is 13.7. The molecule has 1 unspecified atom stereocenters. The molecule has 24 heavy (non-hydrogen) atoms. The molecule has 0 fully saturated rings. The highest BCUT2D eigenvalue weighted by atomic mass is 15.3. The minimum Gasteiger partial charge on any atom is -0.362 e. The van der Waals surface area contributed by atoms with Gasteiger partial charge in [-0.3, -0.25) is 0 Å². The van der Waals surface area contributed by atoms with E-state index in [1.54, 1.807) is 6.20 Å². The van der Waals surface area contributed by atoms with Crippen molar-refractivity contribution in [1.82, 2.24) is 15.2 Å². The summed E-state index contributed by atoms with van der Waals surface area (Å²) in [7, 11) is 0. The first-order valence-corrected chi connectivity index (χ1v) is 8.10. The topological polar surface area (TPSA) is 62.7 Å². The van der Waals surface area contributed by atoms with Gasteiger partial charge in [0.2, 0.25) is 5.95 Å². The van der Waals surface area contributed by atoms with E-state index < -0.39 is 0 Å². The van der Waals surface area contributed by atoms with Gasteiger partial charge in [0.1, 0.15) is 0 Å². The molecule has 0 aliphatic rings. The van der Waals surface area contributed by atoms with Crippen LogP contribution in [0.1, 0.15) is 24.1 Å². The van der Waals surface area contributed by atoms with Crippen LogP contribution in [0.3, 0.4) is 0 Å². The van der Waals surface area contributed by atoms with Crippen molar-refractivity contribution in [1.29, 1.82) is 0 Å². The Bertz CT molecular complexity index is 746. The molecule has 122 valence electrons. The summed E-state index contributed by atoms with van der Waals surface area (Å²) in [6.07, 6.45) is 2.56. The average molecular weight is 319 g/mol. The molecular weight excluding hydrogens is 298 g/mol.